The van der Waals surface area contributed by atoms with E-state index in [0.717, 1.165) is 24.5 Å². The fourth-order valence-electron chi connectivity index (χ4n) is 2.44. The number of morpholine rings is 1. The molecule has 0 bridgehead atoms. The standard InChI is InChI=1S/C16H20N4O3S/c1-24(21,22)14-4-2-13(3-5-14)12-18-16-17-7-6-15(19-16)20-8-10-23-11-9-20/h2-7H,8-12H2,1H3,(H,17,18,19). The van der Waals surface area contributed by atoms with E-state index in [1.807, 2.05) is 6.07 Å². The quantitative estimate of drug-likeness (QED) is 0.872. The van der Waals surface area contributed by atoms with Crippen molar-refractivity contribution < 1.29 is 13.2 Å². The van der Waals surface area contributed by atoms with Crippen LogP contribution < -0.4 is 10.2 Å². The topological polar surface area (TPSA) is 84.4 Å². The fraction of sp³-hybridized carbons (Fsp3) is 0.375. The summed E-state index contributed by atoms with van der Waals surface area (Å²) in [7, 11) is -3.17. The van der Waals surface area contributed by atoms with Gasteiger partial charge in [-0.2, -0.15) is 4.98 Å². The van der Waals surface area contributed by atoms with Crippen LogP contribution in [-0.2, 0) is 21.1 Å². The Morgan fingerprint density at radius 3 is 2.54 bits per heavy atom. The lowest BCUT2D eigenvalue weighted by molar-refractivity contribution is 0.122. The number of rotatable bonds is 5. The van der Waals surface area contributed by atoms with Crippen molar-refractivity contribution in [1.29, 1.82) is 0 Å². The number of ether oxygens (including phenoxy) is 1. The maximum Gasteiger partial charge on any atom is 0.224 e. The molecule has 0 amide bonds. The molecule has 1 aliphatic heterocycles. The Morgan fingerprint density at radius 2 is 1.88 bits per heavy atom. The minimum absolute atomic E-state index is 0.316. The van der Waals surface area contributed by atoms with Crippen molar-refractivity contribution in [2.75, 3.05) is 42.8 Å². The molecular formula is C16H20N4O3S. The Hall–Kier alpha value is -2.19. The van der Waals surface area contributed by atoms with E-state index in [9.17, 15) is 8.42 Å². The molecule has 1 saturated heterocycles. The summed E-state index contributed by atoms with van der Waals surface area (Å²) in [5, 5.41) is 3.17. The lowest BCUT2D eigenvalue weighted by Crippen LogP contribution is -2.36. The van der Waals surface area contributed by atoms with Crippen molar-refractivity contribution in [3.05, 3.63) is 42.1 Å². The van der Waals surface area contributed by atoms with Gasteiger partial charge in [-0.05, 0) is 23.8 Å². The highest BCUT2D eigenvalue weighted by atomic mass is 32.2. The summed E-state index contributed by atoms with van der Waals surface area (Å²) >= 11 is 0. The summed E-state index contributed by atoms with van der Waals surface area (Å²) < 4.78 is 28.3. The van der Waals surface area contributed by atoms with Gasteiger partial charge in [0.25, 0.3) is 0 Å². The Kier molecular flexibility index (Phi) is 4.96. The van der Waals surface area contributed by atoms with E-state index in [1.165, 1.54) is 6.26 Å². The van der Waals surface area contributed by atoms with Crippen molar-refractivity contribution in [1.82, 2.24) is 9.97 Å². The zero-order valence-electron chi connectivity index (χ0n) is 13.5. The van der Waals surface area contributed by atoms with Gasteiger partial charge in [0, 0.05) is 32.1 Å². The number of anilines is 2. The summed E-state index contributed by atoms with van der Waals surface area (Å²) in [5.74, 6) is 1.43. The second kappa shape index (κ2) is 7.14. The molecule has 0 atom stereocenters. The molecule has 7 nitrogen and oxygen atoms in total. The largest absolute Gasteiger partial charge is 0.378 e. The molecule has 0 aliphatic carbocycles. The Bertz CT molecular complexity index is 787. The number of hydrogen-bond acceptors (Lipinski definition) is 7. The zero-order valence-corrected chi connectivity index (χ0v) is 14.3. The van der Waals surface area contributed by atoms with Gasteiger partial charge in [0.15, 0.2) is 9.84 Å². The predicted molar refractivity (Wildman–Crippen MR) is 91.9 cm³/mol. The van der Waals surface area contributed by atoms with Crippen LogP contribution in [0.1, 0.15) is 5.56 Å². The predicted octanol–water partition coefficient (Wildman–Crippen LogP) is 1.33. The van der Waals surface area contributed by atoms with Gasteiger partial charge < -0.3 is 15.0 Å². The second-order valence-electron chi connectivity index (χ2n) is 5.61. The van der Waals surface area contributed by atoms with Gasteiger partial charge in [-0.25, -0.2) is 13.4 Å². The molecule has 1 aromatic heterocycles. The first-order chi connectivity index (χ1) is 11.5. The molecule has 0 saturated carbocycles. The minimum atomic E-state index is -3.17. The summed E-state index contributed by atoms with van der Waals surface area (Å²) in [5.41, 5.74) is 0.961. The highest BCUT2D eigenvalue weighted by Gasteiger charge is 2.13. The Balaban J connectivity index is 1.64. The zero-order chi connectivity index (χ0) is 17.0. The van der Waals surface area contributed by atoms with E-state index in [0.29, 0.717) is 30.6 Å². The third kappa shape index (κ3) is 4.21. The first-order valence-electron chi connectivity index (χ1n) is 7.71. The summed E-state index contributed by atoms with van der Waals surface area (Å²) in [6, 6.07) is 8.68. The van der Waals surface area contributed by atoms with Crippen LogP contribution in [0, 0.1) is 0 Å². The van der Waals surface area contributed by atoms with Gasteiger partial charge in [-0.15, -0.1) is 0 Å². The van der Waals surface area contributed by atoms with Gasteiger partial charge >= 0.3 is 0 Å². The monoisotopic (exact) mass is 348 g/mol. The van der Waals surface area contributed by atoms with E-state index in [4.69, 9.17) is 4.74 Å². The summed E-state index contributed by atoms with van der Waals surface area (Å²) in [6.07, 6.45) is 2.93. The number of aromatic nitrogens is 2. The minimum Gasteiger partial charge on any atom is -0.378 e. The first-order valence-corrected chi connectivity index (χ1v) is 9.60. The highest BCUT2D eigenvalue weighted by Crippen LogP contribution is 2.15. The van der Waals surface area contributed by atoms with Crippen LogP contribution >= 0.6 is 0 Å². The molecule has 0 spiro atoms. The van der Waals surface area contributed by atoms with E-state index < -0.39 is 9.84 Å². The number of nitrogens with zero attached hydrogens (tertiary/aromatic N) is 3. The number of benzene rings is 1. The smallest absolute Gasteiger partial charge is 0.224 e. The van der Waals surface area contributed by atoms with Crippen LogP contribution in [0.15, 0.2) is 41.4 Å². The van der Waals surface area contributed by atoms with Crippen LogP contribution in [0.25, 0.3) is 0 Å². The van der Waals surface area contributed by atoms with Gasteiger partial charge in [0.05, 0.1) is 18.1 Å². The second-order valence-corrected chi connectivity index (χ2v) is 7.62. The van der Waals surface area contributed by atoms with Crippen molar-refractivity contribution in [2.45, 2.75) is 11.4 Å². The van der Waals surface area contributed by atoms with Crippen LogP contribution in [0.3, 0.4) is 0 Å². The van der Waals surface area contributed by atoms with Crippen LogP contribution in [0.5, 0.6) is 0 Å². The first kappa shape index (κ1) is 16.7. The molecule has 0 radical (unpaired) electrons. The van der Waals surface area contributed by atoms with Crippen LogP contribution in [-0.4, -0.2) is 50.9 Å². The molecular weight excluding hydrogens is 328 g/mol. The maximum absolute atomic E-state index is 11.5. The molecule has 24 heavy (non-hydrogen) atoms. The molecule has 2 aromatic rings. The third-order valence-electron chi connectivity index (χ3n) is 3.78. The Labute approximate surface area is 141 Å². The highest BCUT2D eigenvalue weighted by molar-refractivity contribution is 7.90. The third-order valence-corrected chi connectivity index (χ3v) is 4.91. The lowest BCUT2D eigenvalue weighted by atomic mass is 10.2. The molecule has 1 aromatic carbocycles. The van der Waals surface area contributed by atoms with Crippen molar-refractivity contribution in [2.24, 2.45) is 0 Å². The van der Waals surface area contributed by atoms with Gasteiger partial charge in [-0.3, -0.25) is 0 Å². The molecule has 3 rings (SSSR count). The van der Waals surface area contributed by atoms with Gasteiger partial charge in [0.2, 0.25) is 5.95 Å². The van der Waals surface area contributed by atoms with E-state index >= 15 is 0 Å². The van der Waals surface area contributed by atoms with Gasteiger partial charge in [-0.1, -0.05) is 12.1 Å². The van der Waals surface area contributed by atoms with Crippen LogP contribution in [0.4, 0.5) is 11.8 Å². The summed E-state index contributed by atoms with van der Waals surface area (Å²) in [6.45, 7) is 3.59. The number of nitrogens with one attached hydrogen (secondary N) is 1. The van der Waals surface area contributed by atoms with Crippen LogP contribution in [0.2, 0.25) is 0 Å². The average molecular weight is 348 g/mol. The van der Waals surface area contributed by atoms with Crippen molar-refractivity contribution in [3.63, 3.8) is 0 Å². The normalized spacial score (nSPS) is 15.3. The molecule has 128 valence electrons. The van der Waals surface area contributed by atoms with Crippen molar-refractivity contribution >= 4 is 21.6 Å². The van der Waals surface area contributed by atoms with E-state index in [2.05, 4.69) is 20.2 Å². The molecule has 1 fully saturated rings. The molecule has 1 N–H and O–H groups in total. The Morgan fingerprint density at radius 1 is 1.17 bits per heavy atom. The molecule has 1 aliphatic rings. The average Bonchev–Trinajstić information content (AvgIpc) is 2.61. The van der Waals surface area contributed by atoms with Crippen molar-refractivity contribution in [3.8, 4) is 0 Å². The number of sulfone groups is 1. The van der Waals surface area contributed by atoms with E-state index in [-0.39, 0.29) is 0 Å². The molecule has 0 unspecified atom stereocenters. The van der Waals surface area contributed by atoms with Gasteiger partial charge in [0.1, 0.15) is 5.82 Å². The molecule has 8 heteroatoms. The summed E-state index contributed by atoms with van der Waals surface area (Å²) in [4.78, 5) is 11.2. The number of hydrogen-bond donors (Lipinski definition) is 1. The fourth-order valence-corrected chi connectivity index (χ4v) is 3.07. The molecule has 2 heterocycles. The maximum atomic E-state index is 11.5. The SMILES string of the molecule is CS(=O)(=O)c1ccc(CNc2nccc(N3CCOCC3)n2)cc1. The van der Waals surface area contributed by atoms with E-state index in [1.54, 1.807) is 30.5 Å². The lowest BCUT2D eigenvalue weighted by Gasteiger charge is -2.27.